The Labute approximate surface area is 115 Å². The van der Waals surface area contributed by atoms with Gasteiger partial charge in [-0.3, -0.25) is 9.59 Å². The van der Waals surface area contributed by atoms with Crippen LogP contribution in [-0.4, -0.2) is 22.6 Å². The van der Waals surface area contributed by atoms with E-state index in [1.165, 1.54) is 18.2 Å². The summed E-state index contributed by atoms with van der Waals surface area (Å²) in [5.74, 6) is -3.59. The molecule has 0 spiro atoms. The molecule has 0 aliphatic heterocycles. The van der Waals surface area contributed by atoms with E-state index in [4.69, 9.17) is 16.2 Å². The Hall–Kier alpha value is -3.61. The first kappa shape index (κ1) is 13.8. The molecule has 102 valence electrons. The number of carbonyl (C=O) groups is 3. The summed E-state index contributed by atoms with van der Waals surface area (Å²) in [7, 11) is 0. The first-order chi connectivity index (χ1) is 10.0. The second-order valence-corrected chi connectivity index (χ2v) is 3.77. The summed E-state index contributed by atoms with van der Waals surface area (Å²) in [6, 6.07) is 3.67. The first-order valence-corrected chi connectivity index (χ1v) is 5.33. The lowest BCUT2D eigenvalue weighted by molar-refractivity contribution is -0.111. The lowest BCUT2D eigenvalue weighted by atomic mass is 9.87. The van der Waals surface area contributed by atoms with E-state index in [1.54, 1.807) is 0 Å². The van der Waals surface area contributed by atoms with Gasteiger partial charge in [0.2, 0.25) is 11.6 Å². The quantitative estimate of drug-likeness (QED) is 0.389. The predicted molar refractivity (Wildman–Crippen MR) is 68.0 cm³/mol. The maximum atomic E-state index is 11.9. The third-order valence-electron chi connectivity index (χ3n) is 2.71. The molecule has 0 bridgehead atoms. The standard InChI is InChI=1S/C11H4N6O4/c12-16-14-7-6-4(2-1-3-5(6)11(20)21)9(18)10(19)8(7)15-17-13/h1-3H,(H,20,21). The van der Waals surface area contributed by atoms with Gasteiger partial charge in [-0.05, 0) is 17.1 Å². The van der Waals surface area contributed by atoms with Crippen molar-refractivity contribution in [2.24, 2.45) is 10.2 Å². The van der Waals surface area contributed by atoms with Gasteiger partial charge in [0.05, 0.1) is 17.0 Å². The van der Waals surface area contributed by atoms with Gasteiger partial charge in [-0.25, -0.2) is 4.79 Å². The van der Waals surface area contributed by atoms with Crippen LogP contribution in [0.5, 0.6) is 0 Å². The molecule has 1 aromatic carbocycles. The summed E-state index contributed by atoms with van der Waals surface area (Å²) in [5, 5.41) is 15.4. The van der Waals surface area contributed by atoms with Gasteiger partial charge in [-0.15, -0.1) is 0 Å². The van der Waals surface area contributed by atoms with Crippen molar-refractivity contribution in [3.05, 3.63) is 61.5 Å². The first-order valence-electron chi connectivity index (χ1n) is 5.33. The largest absolute Gasteiger partial charge is 0.478 e. The van der Waals surface area contributed by atoms with Crippen molar-refractivity contribution >= 4 is 23.2 Å². The van der Waals surface area contributed by atoms with Crippen LogP contribution >= 0.6 is 0 Å². The van der Waals surface area contributed by atoms with Gasteiger partial charge in [0, 0.05) is 21.0 Å². The van der Waals surface area contributed by atoms with Crippen molar-refractivity contribution in [2.75, 3.05) is 0 Å². The summed E-state index contributed by atoms with van der Waals surface area (Å²) in [6.07, 6.45) is 0. The molecule has 0 fully saturated rings. The SMILES string of the molecule is [N-]=[N+]=NC1=C(N=[N+]=[N-])c2c(C(=O)O)cccc2C(=O)C1=O. The number of fused-ring (bicyclic) bond motifs is 1. The van der Waals surface area contributed by atoms with E-state index in [0.717, 1.165) is 0 Å². The van der Waals surface area contributed by atoms with Crippen LogP contribution in [0.15, 0.2) is 34.1 Å². The molecule has 0 unspecified atom stereocenters. The van der Waals surface area contributed by atoms with E-state index in [0.29, 0.717) is 0 Å². The fourth-order valence-electron chi connectivity index (χ4n) is 1.91. The Bertz CT molecular complexity index is 827. The van der Waals surface area contributed by atoms with Gasteiger partial charge in [-0.2, -0.15) is 0 Å². The van der Waals surface area contributed by atoms with Crippen LogP contribution in [0.2, 0.25) is 0 Å². The number of carbonyl (C=O) groups excluding carboxylic acids is 2. The third-order valence-corrected chi connectivity index (χ3v) is 2.71. The van der Waals surface area contributed by atoms with Crippen molar-refractivity contribution in [3.63, 3.8) is 0 Å². The monoisotopic (exact) mass is 284 g/mol. The molecule has 0 saturated carbocycles. The van der Waals surface area contributed by atoms with Crippen molar-refractivity contribution < 1.29 is 19.5 Å². The molecule has 21 heavy (non-hydrogen) atoms. The molecule has 10 heteroatoms. The van der Waals surface area contributed by atoms with Gasteiger partial charge in [0.1, 0.15) is 0 Å². The highest BCUT2D eigenvalue weighted by molar-refractivity contribution is 6.52. The van der Waals surface area contributed by atoms with Crippen molar-refractivity contribution in [3.8, 4) is 0 Å². The highest BCUT2D eigenvalue weighted by Crippen LogP contribution is 2.34. The van der Waals surface area contributed by atoms with Crippen LogP contribution in [0.4, 0.5) is 0 Å². The number of hydrogen-bond donors (Lipinski definition) is 1. The number of carboxylic acid groups (broad SMARTS) is 1. The zero-order chi connectivity index (χ0) is 15.6. The van der Waals surface area contributed by atoms with Crippen molar-refractivity contribution in [1.29, 1.82) is 0 Å². The van der Waals surface area contributed by atoms with Gasteiger partial charge < -0.3 is 5.11 Å². The maximum absolute atomic E-state index is 11.9. The molecule has 0 heterocycles. The van der Waals surface area contributed by atoms with Gasteiger partial charge >= 0.3 is 5.97 Å². The molecule has 0 radical (unpaired) electrons. The van der Waals surface area contributed by atoms with E-state index >= 15 is 0 Å². The summed E-state index contributed by atoms with van der Waals surface area (Å²) in [5.41, 5.74) is 15.0. The van der Waals surface area contributed by atoms with Crippen LogP contribution in [0.1, 0.15) is 26.3 Å². The van der Waals surface area contributed by atoms with E-state index in [9.17, 15) is 14.4 Å². The number of hydrogen-bond acceptors (Lipinski definition) is 5. The molecule has 0 aromatic heterocycles. The topological polar surface area (TPSA) is 169 Å². The zero-order valence-electron chi connectivity index (χ0n) is 10.1. The maximum Gasteiger partial charge on any atom is 0.336 e. The second-order valence-electron chi connectivity index (χ2n) is 3.77. The predicted octanol–water partition coefficient (Wildman–Crippen LogP) is 2.44. The molecule has 1 aliphatic rings. The molecule has 0 atom stereocenters. The minimum Gasteiger partial charge on any atom is -0.478 e. The Morgan fingerprint density at radius 3 is 2.24 bits per heavy atom. The molecule has 0 amide bonds. The lowest BCUT2D eigenvalue weighted by Crippen LogP contribution is -2.24. The smallest absolute Gasteiger partial charge is 0.336 e. The van der Waals surface area contributed by atoms with E-state index in [-0.39, 0.29) is 16.7 Å². The molecule has 0 saturated heterocycles. The van der Waals surface area contributed by atoms with Crippen LogP contribution in [0.25, 0.3) is 26.6 Å². The van der Waals surface area contributed by atoms with Crippen molar-refractivity contribution in [2.45, 2.75) is 0 Å². The van der Waals surface area contributed by atoms with E-state index < -0.39 is 28.9 Å². The third kappa shape index (κ3) is 2.08. The molecule has 1 aliphatic carbocycles. The molecule has 1 aromatic rings. The lowest BCUT2D eigenvalue weighted by Gasteiger charge is -2.17. The molecule has 10 nitrogen and oxygen atoms in total. The summed E-state index contributed by atoms with van der Waals surface area (Å²) < 4.78 is 0. The summed E-state index contributed by atoms with van der Waals surface area (Å²) in [4.78, 5) is 39.9. The fourth-order valence-corrected chi connectivity index (χ4v) is 1.91. The molecular weight excluding hydrogens is 280 g/mol. The average Bonchev–Trinajstić information content (AvgIpc) is 2.47. The molecule has 1 N–H and O–H groups in total. The Balaban J connectivity index is 3.00. The highest BCUT2D eigenvalue weighted by Gasteiger charge is 2.34. The number of aromatic carboxylic acids is 1. The number of benzene rings is 1. The molecular formula is C11H4N6O4. The van der Waals surface area contributed by atoms with Gasteiger partial charge in [0.15, 0.2) is 0 Å². The van der Waals surface area contributed by atoms with Crippen LogP contribution < -0.4 is 0 Å². The number of Topliss-reactive ketones (excluding diaryl/α,β-unsaturated/α-hetero) is 2. The fraction of sp³-hybridized carbons (Fsp3) is 0. The summed E-state index contributed by atoms with van der Waals surface area (Å²) >= 11 is 0. The van der Waals surface area contributed by atoms with Crippen LogP contribution in [0.3, 0.4) is 0 Å². The Morgan fingerprint density at radius 2 is 1.67 bits per heavy atom. The van der Waals surface area contributed by atoms with E-state index in [2.05, 4.69) is 20.1 Å². The number of allylic oxidation sites excluding steroid dienone is 1. The number of rotatable bonds is 3. The van der Waals surface area contributed by atoms with Gasteiger partial charge in [0.25, 0.3) is 0 Å². The summed E-state index contributed by atoms with van der Waals surface area (Å²) in [6.45, 7) is 0. The second kappa shape index (κ2) is 5.17. The highest BCUT2D eigenvalue weighted by atomic mass is 16.4. The normalized spacial score (nSPS) is 13.1. The van der Waals surface area contributed by atoms with Crippen molar-refractivity contribution in [1.82, 2.24) is 0 Å². The number of carboxylic acids is 1. The van der Waals surface area contributed by atoms with Gasteiger partial charge in [-0.1, -0.05) is 22.4 Å². The van der Waals surface area contributed by atoms with Crippen LogP contribution in [-0.2, 0) is 4.79 Å². The number of nitrogens with zero attached hydrogens (tertiary/aromatic N) is 6. The molecule has 2 rings (SSSR count). The Kier molecular flexibility index (Phi) is 3.40. The number of azide groups is 2. The van der Waals surface area contributed by atoms with E-state index in [1.807, 2.05) is 0 Å². The minimum absolute atomic E-state index is 0.223. The van der Waals surface area contributed by atoms with Crippen LogP contribution in [0, 0.1) is 0 Å². The average molecular weight is 284 g/mol. The zero-order valence-corrected chi connectivity index (χ0v) is 10.1. The Morgan fingerprint density at radius 1 is 1.05 bits per heavy atom. The number of ketones is 2. The minimum atomic E-state index is -1.39.